The molecule has 1 aliphatic carbocycles. The third kappa shape index (κ3) is 4.18. The summed E-state index contributed by atoms with van der Waals surface area (Å²) in [5.41, 5.74) is 1.25. The van der Waals surface area contributed by atoms with Crippen LogP contribution in [0.25, 0.3) is 0 Å². The van der Waals surface area contributed by atoms with Crippen molar-refractivity contribution in [2.24, 2.45) is 5.92 Å². The Hall–Kier alpha value is -1.37. The normalized spacial score (nSPS) is 16.7. The first-order chi connectivity index (χ1) is 8.34. The van der Waals surface area contributed by atoms with Crippen LogP contribution in [0.2, 0.25) is 0 Å². The lowest BCUT2D eigenvalue weighted by atomic mass is 10.0. The van der Waals surface area contributed by atoms with Crippen LogP contribution in [-0.2, 0) is 11.2 Å². The highest BCUT2D eigenvalue weighted by Crippen LogP contribution is 2.25. The van der Waals surface area contributed by atoms with Gasteiger partial charge in [-0.2, -0.15) is 0 Å². The predicted octanol–water partition coefficient (Wildman–Crippen LogP) is 4.05. The van der Waals surface area contributed by atoms with Crippen LogP contribution < -0.4 is 0 Å². The van der Waals surface area contributed by atoms with E-state index in [1.54, 1.807) is 6.08 Å². The Morgan fingerprint density at radius 1 is 1.24 bits per heavy atom. The number of hydrogen-bond acceptors (Lipinski definition) is 1. The predicted molar refractivity (Wildman–Crippen MR) is 72.0 cm³/mol. The number of allylic oxidation sites excluding steroid dienone is 2. The van der Waals surface area contributed by atoms with Crippen molar-refractivity contribution in [3.05, 3.63) is 48.0 Å². The second-order valence-electron chi connectivity index (χ2n) is 4.86. The monoisotopic (exact) mass is 229 g/mol. The van der Waals surface area contributed by atoms with Gasteiger partial charge in [0, 0.05) is 6.42 Å². The van der Waals surface area contributed by atoms with Gasteiger partial charge in [0.25, 0.3) is 0 Å². The van der Waals surface area contributed by atoms with Crippen LogP contribution in [0.4, 0.5) is 0 Å². The number of ketones is 1. The van der Waals surface area contributed by atoms with Gasteiger partial charge in [-0.25, -0.2) is 0 Å². The van der Waals surface area contributed by atoms with E-state index in [4.69, 9.17) is 0 Å². The summed E-state index contributed by atoms with van der Waals surface area (Å²) in [4.78, 5) is 11.7. The maximum atomic E-state index is 11.7. The SMILES string of the molecule is O=C(C=CC1CCCC1)CCc1ccccc1.[H+]. The highest BCUT2D eigenvalue weighted by molar-refractivity contribution is 5.89. The van der Waals surface area contributed by atoms with Crippen molar-refractivity contribution >= 4 is 5.78 Å². The quantitative estimate of drug-likeness (QED) is 0.696. The van der Waals surface area contributed by atoms with Crippen LogP contribution in [-0.4, -0.2) is 5.78 Å². The maximum absolute atomic E-state index is 11.7. The summed E-state index contributed by atoms with van der Waals surface area (Å²) >= 11 is 0. The smallest absolute Gasteiger partial charge is 0.295 e. The zero-order chi connectivity index (χ0) is 11.9. The minimum atomic E-state index is 0. The van der Waals surface area contributed by atoms with Crippen molar-refractivity contribution in [2.45, 2.75) is 38.5 Å². The Labute approximate surface area is 105 Å². The van der Waals surface area contributed by atoms with Crippen LogP contribution in [0, 0.1) is 5.92 Å². The molecule has 0 amide bonds. The first kappa shape index (κ1) is 12.1. The van der Waals surface area contributed by atoms with E-state index in [1.807, 2.05) is 18.2 Å². The van der Waals surface area contributed by atoms with Crippen LogP contribution in [0.5, 0.6) is 0 Å². The molecule has 0 N–H and O–H groups in total. The van der Waals surface area contributed by atoms with E-state index in [0.29, 0.717) is 12.3 Å². The van der Waals surface area contributed by atoms with E-state index in [9.17, 15) is 4.79 Å². The fourth-order valence-electron chi connectivity index (χ4n) is 2.39. The second kappa shape index (κ2) is 6.39. The number of carbonyl (C=O) groups excluding carboxylic acids is 1. The lowest BCUT2D eigenvalue weighted by Crippen LogP contribution is -1.97. The van der Waals surface area contributed by atoms with Crippen molar-refractivity contribution in [3.63, 3.8) is 0 Å². The lowest BCUT2D eigenvalue weighted by Gasteiger charge is -2.00. The summed E-state index contributed by atoms with van der Waals surface area (Å²) in [6.45, 7) is 0. The number of carbonyl (C=O) groups is 1. The van der Waals surface area contributed by atoms with Crippen molar-refractivity contribution in [3.8, 4) is 0 Å². The molecule has 1 fully saturated rings. The minimum absolute atomic E-state index is 0. The molecule has 0 bridgehead atoms. The molecule has 1 saturated carbocycles. The minimum Gasteiger partial charge on any atom is -0.295 e. The summed E-state index contributed by atoms with van der Waals surface area (Å²) in [5, 5.41) is 0. The van der Waals surface area contributed by atoms with Gasteiger partial charge in [-0.05, 0) is 36.8 Å². The van der Waals surface area contributed by atoms with Gasteiger partial charge in [-0.15, -0.1) is 0 Å². The van der Waals surface area contributed by atoms with Crippen LogP contribution in [0.1, 0.15) is 39.1 Å². The Morgan fingerprint density at radius 2 is 1.94 bits per heavy atom. The Balaban J connectivity index is 0.00000162. The van der Waals surface area contributed by atoms with E-state index in [0.717, 1.165) is 6.42 Å². The van der Waals surface area contributed by atoms with Crippen molar-refractivity contribution in [1.82, 2.24) is 0 Å². The summed E-state index contributed by atoms with van der Waals surface area (Å²) in [6.07, 6.45) is 10.6. The molecule has 90 valence electrons. The lowest BCUT2D eigenvalue weighted by molar-refractivity contribution is -0.114. The molecule has 0 atom stereocenters. The number of benzene rings is 1. The average molecular weight is 229 g/mol. The first-order valence-electron chi connectivity index (χ1n) is 6.59. The molecule has 1 aromatic rings. The molecule has 0 aromatic heterocycles. The Morgan fingerprint density at radius 3 is 2.65 bits per heavy atom. The molecule has 0 spiro atoms. The fraction of sp³-hybridized carbons (Fsp3) is 0.438. The Bertz CT molecular complexity index is 377. The number of hydrogen-bond donors (Lipinski definition) is 0. The molecule has 0 saturated heterocycles. The first-order valence-corrected chi connectivity index (χ1v) is 6.59. The molecule has 0 unspecified atom stereocenters. The Kier molecular flexibility index (Phi) is 4.54. The van der Waals surface area contributed by atoms with Gasteiger partial charge in [0.15, 0.2) is 5.78 Å². The van der Waals surface area contributed by atoms with Crippen LogP contribution in [0.3, 0.4) is 0 Å². The molecular formula is C16H21O+. The summed E-state index contributed by atoms with van der Waals surface area (Å²) in [7, 11) is 0. The van der Waals surface area contributed by atoms with Crippen LogP contribution in [0.15, 0.2) is 42.5 Å². The van der Waals surface area contributed by atoms with E-state index in [-0.39, 0.29) is 7.21 Å². The molecule has 1 aliphatic rings. The molecular weight excluding hydrogens is 208 g/mol. The van der Waals surface area contributed by atoms with Gasteiger partial charge in [-0.3, -0.25) is 4.79 Å². The van der Waals surface area contributed by atoms with Crippen molar-refractivity contribution < 1.29 is 6.22 Å². The van der Waals surface area contributed by atoms with Gasteiger partial charge < -0.3 is 0 Å². The zero-order valence-corrected chi connectivity index (χ0v) is 10.3. The molecule has 1 aromatic carbocycles. The molecule has 0 heterocycles. The molecule has 1 nitrogen and oxygen atoms in total. The maximum Gasteiger partial charge on any atom is 1.00 e. The van der Waals surface area contributed by atoms with Crippen molar-refractivity contribution in [1.29, 1.82) is 0 Å². The summed E-state index contributed by atoms with van der Waals surface area (Å²) < 4.78 is 0. The fourth-order valence-corrected chi connectivity index (χ4v) is 2.39. The third-order valence-electron chi connectivity index (χ3n) is 3.46. The van der Waals surface area contributed by atoms with Gasteiger partial charge in [0.2, 0.25) is 0 Å². The second-order valence-corrected chi connectivity index (χ2v) is 4.86. The summed E-state index contributed by atoms with van der Waals surface area (Å²) in [6, 6.07) is 10.2. The zero-order valence-electron chi connectivity index (χ0n) is 11.3. The van der Waals surface area contributed by atoms with E-state index >= 15 is 0 Å². The van der Waals surface area contributed by atoms with Gasteiger partial charge in [0.05, 0.1) is 0 Å². The molecule has 17 heavy (non-hydrogen) atoms. The molecule has 0 radical (unpaired) electrons. The largest absolute Gasteiger partial charge is 1.00 e. The average Bonchev–Trinajstić information content (AvgIpc) is 2.88. The standard InChI is InChI=1S/C16H20O/c17-16(13-11-15-8-4-5-9-15)12-10-14-6-2-1-3-7-14/h1-3,6-7,11,13,15H,4-5,8-10,12H2/p+1. The number of aryl methyl sites for hydroxylation is 1. The summed E-state index contributed by atoms with van der Waals surface area (Å²) in [5.74, 6) is 0.927. The van der Waals surface area contributed by atoms with Gasteiger partial charge >= 0.3 is 1.43 Å². The van der Waals surface area contributed by atoms with Crippen LogP contribution >= 0.6 is 0 Å². The highest BCUT2D eigenvalue weighted by atomic mass is 16.1. The molecule has 0 aliphatic heterocycles. The molecule has 1 heteroatoms. The highest BCUT2D eigenvalue weighted by Gasteiger charge is 2.11. The van der Waals surface area contributed by atoms with Crippen molar-refractivity contribution in [2.75, 3.05) is 0 Å². The molecule has 2 rings (SSSR count). The van der Waals surface area contributed by atoms with E-state index < -0.39 is 0 Å². The number of rotatable bonds is 5. The van der Waals surface area contributed by atoms with E-state index in [1.165, 1.54) is 31.2 Å². The van der Waals surface area contributed by atoms with Gasteiger partial charge in [-0.1, -0.05) is 49.2 Å². The van der Waals surface area contributed by atoms with Gasteiger partial charge in [0.1, 0.15) is 0 Å². The van der Waals surface area contributed by atoms with E-state index in [2.05, 4.69) is 18.2 Å². The topological polar surface area (TPSA) is 17.1 Å². The third-order valence-corrected chi connectivity index (χ3v) is 3.46.